The molecular formula is C8H11ClNPt. The molecule has 11 heavy (non-hydrogen) atoms. The molecule has 0 spiro atoms. The summed E-state index contributed by atoms with van der Waals surface area (Å²) in [6.07, 6.45) is 0. The normalized spacial score (nSPS) is 11.4. The number of hydrogen-bond acceptors (Lipinski definition) is 1. The minimum absolute atomic E-state index is 0.159. The summed E-state index contributed by atoms with van der Waals surface area (Å²) in [7, 11) is 4.61. The summed E-state index contributed by atoms with van der Waals surface area (Å²) in [5.41, 5.74) is 6.81. The van der Waals surface area contributed by atoms with Gasteiger partial charge in [0.25, 0.3) is 0 Å². The van der Waals surface area contributed by atoms with E-state index in [-0.39, 0.29) is 6.04 Å². The van der Waals surface area contributed by atoms with E-state index in [0.29, 0.717) is 0 Å². The van der Waals surface area contributed by atoms with Crippen molar-refractivity contribution in [1.82, 2.24) is 0 Å². The van der Waals surface area contributed by atoms with Crippen molar-refractivity contribution in [3.05, 3.63) is 35.9 Å². The van der Waals surface area contributed by atoms with Gasteiger partial charge in [-0.3, -0.25) is 0 Å². The number of hydrogen-bond donors (Lipinski definition) is 1. The summed E-state index contributed by atoms with van der Waals surface area (Å²) < 4.78 is 0. The van der Waals surface area contributed by atoms with Crippen LogP contribution in [-0.2, 0) is 18.8 Å². The van der Waals surface area contributed by atoms with Crippen LogP contribution in [0.25, 0.3) is 0 Å². The minimum atomic E-state index is 0.159. The molecule has 1 nitrogen and oxygen atoms in total. The van der Waals surface area contributed by atoms with Gasteiger partial charge in [0, 0.05) is 6.04 Å². The van der Waals surface area contributed by atoms with Crippen LogP contribution in [0.4, 0.5) is 0 Å². The van der Waals surface area contributed by atoms with Crippen LogP contribution in [0.3, 0.4) is 0 Å². The van der Waals surface area contributed by atoms with E-state index in [1.165, 1.54) is 5.56 Å². The second kappa shape index (κ2) is 6.84. The van der Waals surface area contributed by atoms with E-state index in [1.54, 1.807) is 18.8 Å². The molecule has 0 aromatic heterocycles. The summed E-state index contributed by atoms with van der Waals surface area (Å²) in [5.74, 6) is 0. The van der Waals surface area contributed by atoms with Gasteiger partial charge in [-0.2, -0.15) is 0 Å². The fraction of sp³-hybridized carbons (Fsp3) is 0.250. The summed E-state index contributed by atoms with van der Waals surface area (Å²) in [5, 5.41) is 0. The Hall–Kier alpha value is 0.158. The summed E-state index contributed by atoms with van der Waals surface area (Å²) in [6.45, 7) is 1.98. The average Bonchev–Trinajstić information content (AvgIpc) is 2.10. The van der Waals surface area contributed by atoms with Gasteiger partial charge in [0.1, 0.15) is 0 Å². The van der Waals surface area contributed by atoms with Crippen LogP contribution in [0.2, 0.25) is 0 Å². The van der Waals surface area contributed by atoms with Crippen molar-refractivity contribution >= 4 is 9.42 Å². The zero-order valence-corrected chi connectivity index (χ0v) is 9.26. The van der Waals surface area contributed by atoms with Crippen LogP contribution in [0.15, 0.2) is 30.3 Å². The molecule has 0 aliphatic heterocycles. The van der Waals surface area contributed by atoms with Gasteiger partial charge < -0.3 is 5.73 Å². The third-order valence-electron chi connectivity index (χ3n) is 1.33. The van der Waals surface area contributed by atoms with Gasteiger partial charge in [-0.05, 0) is 12.5 Å². The van der Waals surface area contributed by atoms with E-state index in [9.17, 15) is 0 Å². The third-order valence-corrected chi connectivity index (χ3v) is 1.33. The Morgan fingerprint density at radius 1 is 1.27 bits per heavy atom. The number of benzene rings is 1. The summed E-state index contributed by atoms with van der Waals surface area (Å²) in [6, 6.07) is 10.2. The molecule has 1 atom stereocenters. The molecule has 1 aromatic rings. The van der Waals surface area contributed by atoms with E-state index < -0.39 is 0 Å². The molecular weight excluding hydrogens is 341 g/mol. The molecule has 0 fully saturated rings. The second-order valence-electron chi connectivity index (χ2n) is 2.20. The van der Waals surface area contributed by atoms with Crippen LogP contribution in [0, 0.1) is 0 Å². The maximum absolute atomic E-state index is 5.61. The fourth-order valence-corrected chi connectivity index (χ4v) is 0.757. The molecule has 3 heteroatoms. The first-order chi connectivity index (χ1) is 5.30. The quantitative estimate of drug-likeness (QED) is 0.826. The predicted molar refractivity (Wildman–Crippen MR) is 44.9 cm³/mol. The molecule has 0 aliphatic carbocycles. The Morgan fingerprint density at radius 3 is 2.00 bits per heavy atom. The van der Waals surface area contributed by atoms with Crippen molar-refractivity contribution in [2.75, 3.05) is 0 Å². The maximum atomic E-state index is 5.61. The van der Waals surface area contributed by atoms with Gasteiger partial charge >= 0.3 is 28.2 Å². The molecule has 0 unspecified atom stereocenters. The number of nitrogens with two attached hydrogens (primary N) is 1. The average molecular weight is 352 g/mol. The molecule has 1 rings (SSSR count). The number of halogens is 1. The second-order valence-corrected chi connectivity index (χ2v) is 2.20. The predicted octanol–water partition coefficient (Wildman–Crippen LogP) is 2.39. The van der Waals surface area contributed by atoms with Crippen molar-refractivity contribution in [3.63, 3.8) is 0 Å². The fourth-order valence-electron chi connectivity index (χ4n) is 0.757. The van der Waals surface area contributed by atoms with Crippen LogP contribution in [-0.4, -0.2) is 0 Å². The first kappa shape index (κ1) is 11.2. The van der Waals surface area contributed by atoms with Crippen molar-refractivity contribution in [3.8, 4) is 0 Å². The van der Waals surface area contributed by atoms with Gasteiger partial charge in [-0.15, -0.1) is 0 Å². The zero-order valence-electron chi connectivity index (χ0n) is 6.24. The van der Waals surface area contributed by atoms with Crippen LogP contribution < -0.4 is 5.73 Å². The van der Waals surface area contributed by atoms with Crippen LogP contribution in [0.5, 0.6) is 0 Å². The Kier molecular flexibility index (Phi) is 6.94. The van der Waals surface area contributed by atoms with Crippen LogP contribution in [0.1, 0.15) is 18.5 Å². The van der Waals surface area contributed by atoms with Crippen LogP contribution >= 0.6 is 9.42 Å². The molecule has 0 radical (unpaired) electrons. The van der Waals surface area contributed by atoms with Gasteiger partial charge in [-0.25, -0.2) is 0 Å². The van der Waals surface area contributed by atoms with Crippen molar-refractivity contribution in [1.29, 1.82) is 0 Å². The summed E-state index contributed by atoms with van der Waals surface area (Å²) >= 11 is 1.61. The Balaban J connectivity index is 0.000000461. The van der Waals surface area contributed by atoms with E-state index in [4.69, 9.17) is 5.73 Å². The van der Waals surface area contributed by atoms with Gasteiger partial charge in [-0.1, -0.05) is 30.3 Å². The van der Waals surface area contributed by atoms with Crippen molar-refractivity contribution < 1.29 is 18.8 Å². The number of rotatable bonds is 1. The van der Waals surface area contributed by atoms with Crippen molar-refractivity contribution in [2.45, 2.75) is 13.0 Å². The SMILES string of the molecule is C[C@@H](N)c1ccccc1.[Cl][Pt]. The first-order valence-electron chi connectivity index (χ1n) is 3.23. The van der Waals surface area contributed by atoms with Crippen molar-refractivity contribution in [2.24, 2.45) is 5.73 Å². The molecule has 65 valence electrons. The molecule has 1 aromatic carbocycles. The summed E-state index contributed by atoms with van der Waals surface area (Å²) in [4.78, 5) is 0. The zero-order chi connectivity index (χ0) is 8.69. The molecule has 0 amide bonds. The molecule has 0 saturated carbocycles. The monoisotopic (exact) mass is 351 g/mol. The van der Waals surface area contributed by atoms with E-state index in [1.807, 2.05) is 37.3 Å². The standard InChI is InChI=1S/C8H11N.ClH.Pt/c1-7(9)8-5-3-2-4-6-8;;/h2-7H,9H2,1H3;1H;/q;;+1/p-1/t7-;;/m1../s1. The van der Waals surface area contributed by atoms with E-state index in [0.717, 1.165) is 0 Å². The first-order valence-corrected chi connectivity index (χ1v) is 6.05. The van der Waals surface area contributed by atoms with Gasteiger partial charge in [0.05, 0.1) is 0 Å². The molecule has 0 aliphatic rings. The molecule has 0 heterocycles. The third kappa shape index (κ3) is 4.57. The Morgan fingerprint density at radius 2 is 1.73 bits per heavy atom. The van der Waals surface area contributed by atoms with E-state index >= 15 is 0 Å². The molecule has 0 saturated heterocycles. The Labute approximate surface area is 82.8 Å². The van der Waals surface area contributed by atoms with Gasteiger partial charge in [0.15, 0.2) is 0 Å². The molecule has 0 bridgehead atoms. The topological polar surface area (TPSA) is 26.0 Å². The van der Waals surface area contributed by atoms with E-state index in [2.05, 4.69) is 9.42 Å². The van der Waals surface area contributed by atoms with Gasteiger partial charge in [0.2, 0.25) is 0 Å². The molecule has 2 N–H and O–H groups in total. The Bertz CT molecular complexity index is 177.